The number of rotatable bonds is 5. The highest BCUT2D eigenvalue weighted by molar-refractivity contribution is 8.93. The molecule has 0 amide bonds. The van der Waals surface area contributed by atoms with E-state index in [9.17, 15) is 5.11 Å². The first kappa shape index (κ1) is 23.6. The van der Waals surface area contributed by atoms with Gasteiger partial charge in [0.2, 0.25) is 5.88 Å². The van der Waals surface area contributed by atoms with Gasteiger partial charge < -0.3 is 24.1 Å². The van der Waals surface area contributed by atoms with Crippen LogP contribution in [0.1, 0.15) is 43.2 Å². The lowest BCUT2D eigenvalue weighted by molar-refractivity contribution is 0.0793. The summed E-state index contributed by atoms with van der Waals surface area (Å²) in [5, 5.41) is 10.3. The molecule has 31 heavy (non-hydrogen) atoms. The third kappa shape index (κ3) is 4.44. The highest BCUT2D eigenvalue weighted by atomic mass is 79.9. The summed E-state index contributed by atoms with van der Waals surface area (Å²) in [7, 11) is 4.85. The van der Waals surface area contributed by atoms with Crippen molar-refractivity contribution in [2.75, 3.05) is 27.9 Å². The van der Waals surface area contributed by atoms with Gasteiger partial charge in [-0.2, -0.15) is 0 Å². The highest BCUT2D eigenvalue weighted by Gasteiger charge is 2.39. The van der Waals surface area contributed by atoms with Crippen LogP contribution in [0.15, 0.2) is 34.2 Å². The van der Waals surface area contributed by atoms with Crippen LogP contribution >= 0.6 is 17.0 Å². The first-order chi connectivity index (χ1) is 14.6. The molecule has 4 rings (SSSR count). The zero-order chi connectivity index (χ0) is 21.3. The van der Waals surface area contributed by atoms with Gasteiger partial charge in [0.15, 0.2) is 17.7 Å². The molecule has 3 aliphatic rings. The minimum Gasteiger partial charge on any atom is -0.493 e. The van der Waals surface area contributed by atoms with Crippen molar-refractivity contribution in [2.45, 2.75) is 50.5 Å². The lowest BCUT2D eigenvalue weighted by atomic mass is 9.75. The van der Waals surface area contributed by atoms with Crippen LogP contribution in [-0.4, -0.2) is 68.4 Å². The van der Waals surface area contributed by atoms with Crippen LogP contribution in [0, 0.1) is 0 Å². The molecule has 0 aromatic heterocycles. The summed E-state index contributed by atoms with van der Waals surface area (Å²) in [5.41, 5.74) is 2.05. The number of hydrogen-bond donors (Lipinski definition) is 1. The molecule has 0 radical (unpaired) electrons. The average Bonchev–Trinajstić information content (AvgIpc) is 2.78. The number of benzene rings is 1. The van der Waals surface area contributed by atoms with E-state index in [0.717, 1.165) is 29.8 Å². The average molecular weight is 496 g/mol. The van der Waals surface area contributed by atoms with Gasteiger partial charge >= 0.3 is 0 Å². The second-order valence-corrected chi connectivity index (χ2v) is 7.60. The summed E-state index contributed by atoms with van der Waals surface area (Å²) in [6.07, 6.45) is 5.03. The quantitative estimate of drug-likeness (QED) is 0.674. The van der Waals surface area contributed by atoms with Crippen LogP contribution in [0.5, 0.6) is 11.5 Å². The van der Waals surface area contributed by atoms with Crippen LogP contribution in [0.3, 0.4) is 0 Å². The molecule has 1 fully saturated rings. The lowest BCUT2D eigenvalue weighted by Crippen LogP contribution is -2.45. The molecule has 1 unspecified atom stereocenters. The molecule has 1 N–H and O–H groups in total. The number of nitrogens with zero attached hydrogens (tertiary/aromatic N) is 3. The Morgan fingerprint density at radius 3 is 2.61 bits per heavy atom. The van der Waals surface area contributed by atoms with E-state index in [0.29, 0.717) is 30.4 Å². The molecule has 1 aromatic rings. The van der Waals surface area contributed by atoms with E-state index in [-0.39, 0.29) is 35.0 Å². The van der Waals surface area contributed by atoms with E-state index in [2.05, 4.69) is 4.99 Å². The van der Waals surface area contributed by atoms with E-state index in [1.807, 2.05) is 24.0 Å². The second-order valence-electron chi connectivity index (χ2n) is 7.60. The zero-order valence-corrected chi connectivity index (χ0v) is 20.0. The summed E-state index contributed by atoms with van der Waals surface area (Å²) in [4.78, 5) is 11.3. The number of halogens is 1. The van der Waals surface area contributed by atoms with Gasteiger partial charge in [0.25, 0.3) is 0 Å². The molecule has 1 saturated carbocycles. The minimum absolute atomic E-state index is 0. The molecule has 1 aromatic carbocycles. The fraction of sp³-hybridized carbons (Fsp3) is 0.545. The first-order valence-electron chi connectivity index (χ1n) is 10.3. The van der Waals surface area contributed by atoms with Gasteiger partial charge in [0.1, 0.15) is 5.84 Å². The molecular weight excluding hydrogens is 466 g/mol. The van der Waals surface area contributed by atoms with E-state index >= 15 is 0 Å². The normalized spacial score (nSPS) is 26.7. The third-order valence-electron chi connectivity index (χ3n) is 5.90. The molecule has 1 aliphatic carbocycles. The van der Waals surface area contributed by atoms with E-state index in [1.165, 1.54) is 0 Å². The monoisotopic (exact) mass is 495 g/mol. The van der Waals surface area contributed by atoms with Crippen molar-refractivity contribution in [3.8, 4) is 11.5 Å². The Balaban J connectivity index is 0.00000272. The van der Waals surface area contributed by atoms with E-state index in [4.69, 9.17) is 23.9 Å². The Bertz CT molecular complexity index is 888. The molecule has 2 heterocycles. The Morgan fingerprint density at radius 1 is 1.13 bits per heavy atom. The highest BCUT2D eigenvalue weighted by Crippen LogP contribution is 2.45. The van der Waals surface area contributed by atoms with Gasteiger partial charge in [-0.25, -0.2) is 4.99 Å². The molecule has 9 heteroatoms. The van der Waals surface area contributed by atoms with E-state index in [1.54, 1.807) is 33.7 Å². The maximum atomic E-state index is 10.3. The van der Waals surface area contributed by atoms with Crippen molar-refractivity contribution < 1.29 is 24.1 Å². The molecule has 0 bridgehead atoms. The first-order valence-corrected chi connectivity index (χ1v) is 10.3. The van der Waals surface area contributed by atoms with Crippen LogP contribution < -0.4 is 9.47 Å². The topological polar surface area (TPSA) is 85.1 Å². The Hall–Kier alpha value is -2.10. The van der Waals surface area contributed by atoms with Gasteiger partial charge in [-0.15, -0.1) is 17.0 Å². The standard InChI is InChI=1S/C22H29N3O5.BrH/c1-5-30-19-9-14-15-8-13(26)6-7-17(15)24-22(16(14)10-18(19)27-2)25-12-20(28-3)23-11-21(25)29-4;/h9-13,15,17,21,26H,5-8H2,1-4H3;1H/t13-,15-,17-,21?;/m1./s1. The molecule has 0 spiro atoms. The Labute approximate surface area is 193 Å². The predicted octanol–water partition coefficient (Wildman–Crippen LogP) is 3.23. The van der Waals surface area contributed by atoms with Gasteiger partial charge in [-0.05, 0) is 43.9 Å². The fourth-order valence-electron chi connectivity index (χ4n) is 4.45. The number of aliphatic hydroxyl groups is 1. The number of fused-ring (bicyclic) bond motifs is 3. The summed E-state index contributed by atoms with van der Waals surface area (Å²) in [5.74, 6) is 2.73. The Morgan fingerprint density at radius 2 is 1.94 bits per heavy atom. The SMILES string of the molecule is Br.CCOc1cc2c(cc1OC)C(N1C=C(OC)N=CC1OC)=N[C@@H]1CC[C@@H](O)C[C@H]21. The van der Waals surface area contributed by atoms with Crippen LogP contribution in [0.2, 0.25) is 0 Å². The number of aliphatic imine (C=N–C) groups is 2. The van der Waals surface area contributed by atoms with Gasteiger partial charge in [0.05, 0.1) is 45.4 Å². The maximum absolute atomic E-state index is 10.3. The van der Waals surface area contributed by atoms with Crippen molar-refractivity contribution in [2.24, 2.45) is 9.98 Å². The van der Waals surface area contributed by atoms with Crippen LogP contribution in [0.4, 0.5) is 0 Å². The number of hydrogen-bond acceptors (Lipinski definition) is 8. The summed E-state index contributed by atoms with van der Waals surface area (Å²) in [6.45, 7) is 2.49. The predicted molar refractivity (Wildman–Crippen MR) is 124 cm³/mol. The molecule has 8 nitrogen and oxygen atoms in total. The largest absolute Gasteiger partial charge is 0.493 e. The maximum Gasteiger partial charge on any atom is 0.229 e. The summed E-state index contributed by atoms with van der Waals surface area (Å²) >= 11 is 0. The van der Waals surface area contributed by atoms with Crippen molar-refractivity contribution in [1.29, 1.82) is 0 Å². The van der Waals surface area contributed by atoms with Crippen molar-refractivity contribution in [3.63, 3.8) is 0 Å². The van der Waals surface area contributed by atoms with Crippen molar-refractivity contribution >= 4 is 29.0 Å². The van der Waals surface area contributed by atoms with Gasteiger partial charge in [-0.3, -0.25) is 9.89 Å². The fourth-order valence-corrected chi connectivity index (χ4v) is 4.45. The summed E-state index contributed by atoms with van der Waals surface area (Å²) < 4.78 is 22.4. The minimum atomic E-state index is -0.404. The molecular formula is C22H30BrN3O5. The zero-order valence-electron chi connectivity index (χ0n) is 18.3. The third-order valence-corrected chi connectivity index (χ3v) is 5.90. The molecule has 0 saturated heterocycles. The van der Waals surface area contributed by atoms with Crippen LogP contribution in [0.25, 0.3) is 0 Å². The van der Waals surface area contributed by atoms with E-state index < -0.39 is 6.23 Å². The van der Waals surface area contributed by atoms with Gasteiger partial charge in [-0.1, -0.05) is 0 Å². The number of amidine groups is 1. The second kappa shape index (κ2) is 10.0. The summed E-state index contributed by atoms with van der Waals surface area (Å²) in [6, 6.07) is 4.09. The number of aliphatic hydroxyl groups excluding tert-OH is 1. The number of ether oxygens (including phenoxy) is 4. The molecule has 4 atom stereocenters. The lowest BCUT2D eigenvalue weighted by Gasteiger charge is -2.40. The Kier molecular flexibility index (Phi) is 7.61. The molecule has 2 aliphatic heterocycles. The molecule has 170 valence electrons. The smallest absolute Gasteiger partial charge is 0.229 e. The van der Waals surface area contributed by atoms with Crippen molar-refractivity contribution in [3.05, 3.63) is 35.3 Å². The van der Waals surface area contributed by atoms with Crippen molar-refractivity contribution in [1.82, 2.24) is 4.90 Å². The van der Waals surface area contributed by atoms with Crippen LogP contribution in [-0.2, 0) is 9.47 Å². The van der Waals surface area contributed by atoms with Gasteiger partial charge in [0, 0.05) is 18.6 Å². The number of methoxy groups -OCH3 is 3.